The van der Waals surface area contributed by atoms with Crippen molar-refractivity contribution in [1.29, 1.82) is 0 Å². The number of nitrogens with zero attached hydrogens (tertiary/aromatic N) is 2. The first-order valence-corrected chi connectivity index (χ1v) is 6.01. The number of halogens is 2. The third kappa shape index (κ3) is 2.51. The molecule has 2 heterocycles. The second kappa shape index (κ2) is 4.76. The topological polar surface area (TPSA) is 66.9 Å². The summed E-state index contributed by atoms with van der Waals surface area (Å²) in [5.41, 5.74) is -0.569. The lowest BCUT2D eigenvalue weighted by Gasteiger charge is -2.22. The van der Waals surface area contributed by atoms with Gasteiger partial charge in [0.2, 0.25) is 5.91 Å². The van der Waals surface area contributed by atoms with Gasteiger partial charge in [-0.05, 0) is 26.3 Å². The Kier molecular flexibility index (Phi) is 3.51. The van der Waals surface area contributed by atoms with E-state index in [4.69, 9.17) is 23.2 Å². The number of carbonyl (C=O) groups is 1. The van der Waals surface area contributed by atoms with Gasteiger partial charge in [0.25, 0.3) is 0 Å². The van der Waals surface area contributed by atoms with Crippen molar-refractivity contribution in [2.75, 3.05) is 11.9 Å². The predicted octanol–water partition coefficient (Wildman–Crippen LogP) is 1.86. The number of anilines is 1. The highest BCUT2D eigenvalue weighted by atomic mass is 35.5. The van der Waals surface area contributed by atoms with E-state index in [0.717, 1.165) is 19.4 Å². The van der Waals surface area contributed by atoms with E-state index in [-0.39, 0.29) is 21.9 Å². The normalized spacial score (nSPS) is 23.7. The molecule has 17 heavy (non-hydrogen) atoms. The number of aromatic nitrogens is 2. The maximum absolute atomic E-state index is 12.1. The van der Waals surface area contributed by atoms with Crippen LogP contribution in [0.1, 0.15) is 19.8 Å². The van der Waals surface area contributed by atoms with Crippen LogP contribution in [0.3, 0.4) is 0 Å². The van der Waals surface area contributed by atoms with Gasteiger partial charge in [-0.2, -0.15) is 0 Å². The molecule has 1 atom stereocenters. The minimum atomic E-state index is -0.569. The van der Waals surface area contributed by atoms with Gasteiger partial charge in [0, 0.05) is 0 Å². The molecule has 1 aromatic heterocycles. The van der Waals surface area contributed by atoms with Gasteiger partial charge in [0.1, 0.15) is 11.3 Å². The Bertz CT molecular complexity index is 446. The summed E-state index contributed by atoms with van der Waals surface area (Å²) in [7, 11) is 0. The number of hydrogen-bond donors (Lipinski definition) is 2. The van der Waals surface area contributed by atoms with Gasteiger partial charge in [-0.1, -0.05) is 23.2 Å². The van der Waals surface area contributed by atoms with E-state index in [2.05, 4.69) is 20.6 Å². The molecule has 0 aromatic carbocycles. The van der Waals surface area contributed by atoms with Crippen LogP contribution in [0.4, 0.5) is 5.82 Å². The lowest BCUT2D eigenvalue weighted by molar-refractivity contribution is -0.121. The van der Waals surface area contributed by atoms with Crippen LogP contribution in [0.15, 0.2) is 6.33 Å². The molecule has 2 rings (SSSR count). The Morgan fingerprint density at radius 3 is 2.94 bits per heavy atom. The molecule has 0 spiro atoms. The molecule has 0 aliphatic carbocycles. The van der Waals surface area contributed by atoms with E-state index in [0.29, 0.717) is 0 Å². The summed E-state index contributed by atoms with van der Waals surface area (Å²) in [6.07, 6.45) is 3.02. The third-order valence-corrected chi connectivity index (χ3v) is 3.59. The van der Waals surface area contributed by atoms with Crippen molar-refractivity contribution in [1.82, 2.24) is 15.3 Å². The average molecular weight is 275 g/mol. The molecule has 0 radical (unpaired) electrons. The van der Waals surface area contributed by atoms with Crippen LogP contribution in [0, 0.1) is 0 Å². The van der Waals surface area contributed by atoms with E-state index in [1.165, 1.54) is 6.33 Å². The second-order valence-corrected chi connectivity index (χ2v) is 4.88. The van der Waals surface area contributed by atoms with E-state index in [1.54, 1.807) is 0 Å². The highest BCUT2D eigenvalue weighted by molar-refractivity contribution is 6.43. The van der Waals surface area contributed by atoms with Crippen molar-refractivity contribution in [3.05, 3.63) is 16.5 Å². The quantitative estimate of drug-likeness (QED) is 0.808. The van der Waals surface area contributed by atoms with Crippen LogP contribution in [-0.4, -0.2) is 28.0 Å². The van der Waals surface area contributed by atoms with E-state index < -0.39 is 5.54 Å². The van der Waals surface area contributed by atoms with Crippen LogP contribution >= 0.6 is 23.2 Å². The minimum Gasteiger partial charge on any atom is -0.308 e. The molecular formula is C10H12Cl2N4O. The summed E-state index contributed by atoms with van der Waals surface area (Å²) in [6.45, 7) is 2.69. The smallest absolute Gasteiger partial charge is 0.245 e. The number of nitrogens with one attached hydrogen (secondary N) is 2. The lowest BCUT2D eigenvalue weighted by Crippen LogP contribution is -2.48. The average Bonchev–Trinajstić information content (AvgIpc) is 2.73. The zero-order valence-corrected chi connectivity index (χ0v) is 10.8. The van der Waals surface area contributed by atoms with Gasteiger partial charge in [0.05, 0.1) is 5.54 Å². The molecule has 1 aliphatic heterocycles. The standard InChI is InChI=1S/C10H12Cl2N4O/c1-10(3-2-4-15-10)9(17)16-8-6(11)7(12)13-5-14-8/h5,15H,2-4H2,1H3,(H,13,14,16,17). The molecular weight excluding hydrogens is 263 g/mol. The van der Waals surface area contributed by atoms with Crippen LogP contribution in [0.25, 0.3) is 0 Å². The molecule has 2 N–H and O–H groups in total. The van der Waals surface area contributed by atoms with E-state index in [1.807, 2.05) is 6.92 Å². The molecule has 1 saturated heterocycles. The first-order valence-electron chi connectivity index (χ1n) is 5.25. The molecule has 1 unspecified atom stereocenters. The maximum atomic E-state index is 12.1. The zero-order chi connectivity index (χ0) is 12.5. The number of amides is 1. The summed E-state index contributed by atoms with van der Waals surface area (Å²) < 4.78 is 0. The predicted molar refractivity (Wildman–Crippen MR) is 66.3 cm³/mol. The highest BCUT2D eigenvalue weighted by Gasteiger charge is 2.36. The van der Waals surface area contributed by atoms with Crippen molar-refractivity contribution in [3.63, 3.8) is 0 Å². The summed E-state index contributed by atoms with van der Waals surface area (Å²) >= 11 is 11.6. The number of rotatable bonds is 2. The maximum Gasteiger partial charge on any atom is 0.245 e. The van der Waals surface area contributed by atoms with Crippen molar-refractivity contribution in [2.24, 2.45) is 0 Å². The van der Waals surface area contributed by atoms with Crippen molar-refractivity contribution in [3.8, 4) is 0 Å². The number of hydrogen-bond acceptors (Lipinski definition) is 4. The Morgan fingerprint density at radius 1 is 1.53 bits per heavy atom. The summed E-state index contributed by atoms with van der Waals surface area (Å²) in [6, 6.07) is 0. The molecule has 7 heteroatoms. The van der Waals surface area contributed by atoms with E-state index >= 15 is 0 Å². The molecule has 1 aromatic rings. The largest absolute Gasteiger partial charge is 0.308 e. The first kappa shape index (κ1) is 12.5. The summed E-state index contributed by atoms with van der Waals surface area (Å²) in [5, 5.41) is 6.10. The fourth-order valence-electron chi connectivity index (χ4n) is 1.77. The number of carbonyl (C=O) groups excluding carboxylic acids is 1. The lowest BCUT2D eigenvalue weighted by atomic mass is 9.99. The van der Waals surface area contributed by atoms with Gasteiger partial charge in [-0.25, -0.2) is 9.97 Å². The molecule has 0 bridgehead atoms. The molecule has 5 nitrogen and oxygen atoms in total. The van der Waals surface area contributed by atoms with Crippen molar-refractivity contribution >= 4 is 34.9 Å². The first-order chi connectivity index (χ1) is 8.03. The molecule has 0 saturated carbocycles. The third-order valence-electron chi connectivity index (χ3n) is 2.85. The van der Waals surface area contributed by atoms with Gasteiger partial charge in [0.15, 0.2) is 11.0 Å². The molecule has 92 valence electrons. The van der Waals surface area contributed by atoms with Gasteiger partial charge in [-0.15, -0.1) is 0 Å². The minimum absolute atomic E-state index is 0.126. The van der Waals surface area contributed by atoms with Crippen molar-refractivity contribution in [2.45, 2.75) is 25.3 Å². The van der Waals surface area contributed by atoms with Crippen molar-refractivity contribution < 1.29 is 4.79 Å². The zero-order valence-electron chi connectivity index (χ0n) is 9.26. The summed E-state index contributed by atoms with van der Waals surface area (Å²) in [5.74, 6) is 0.0817. The molecule has 1 amide bonds. The van der Waals surface area contributed by atoms with Crippen LogP contribution < -0.4 is 10.6 Å². The van der Waals surface area contributed by atoms with E-state index in [9.17, 15) is 4.79 Å². The highest BCUT2D eigenvalue weighted by Crippen LogP contribution is 2.27. The summed E-state index contributed by atoms with van der Waals surface area (Å²) in [4.78, 5) is 19.7. The SMILES string of the molecule is CC1(C(=O)Nc2ncnc(Cl)c2Cl)CCCN1. The van der Waals surface area contributed by atoms with Gasteiger partial charge >= 0.3 is 0 Å². The molecule has 1 fully saturated rings. The van der Waals surface area contributed by atoms with Crippen LogP contribution in [-0.2, 0) is 4.79 Å². The van der Waals surface area contributed by atoms with Crippen LogP contribution in [0.2, 0.25) is 10.2 Å². The Morgan fingerprint density at radius 2 is 2.29 bits per heavy atom. The second-order valence-electron chi connectivity index (χ2n) is 4.14. The van der Waals surface area contributed by atoms with Crippen LogP contribution in [0.5, 0.6) is 0 Å². The Labute approximate surface area is 109 Å². The molecule has 1 aliphatic rings. The fourth-order valence-corrected chi connectivity index (χ4v) is 2.05. The Balaban J connectivity index is 2.16. The van der Waals surface area contributed by atoms with Gasteiger partial charge in [-0.3, -0.25) is 4.79 Å². The monoisotopic (exact) mass is 274 g/mol. The Hall–Kier alpha value is -0.910. The van der Waals surface area contributed by atoms with Gasteiger partial charge < -0.3 is 10.6 Å². The fraction of sp³-hybridized carbons (Fsp3) is 0.500.